The van der Waals surface area contributed by atoms with Gasteiger partial charge < -0.3 is 10.6 Å². The quantitative estimate of drug-likeness (QED) is 0.649. The minimum atomic E-state index is 0.0347. The van der Waals surface area contributed by atoms with E-state index >= 15 is 0 Å². The Balaban J connectivity index is 1.94. The summed E-state index contributed by atoms with van der Waals surface area (Å²) < 4.78 is 0. The summed E-state index contributed by atoms with van der Waals surface area (Å²) >= 11 is 1.76. The molecule has 0 aliphatic heterocycles. The molecule has 0 unspecified atom stereocenters. The molecular weight excluding hydrogens is 256 g/mol. The van der Waals surface area contributed by atoms with Gasteiger partial charge in [-0.25, -0.2) is 0 Å². The second kappa shape index (κ2) is 5.01. The van der Waals surface area contributed by atoms with Crippen LogP contribution in [0.25, 0.3) is 0 Å². The van der Waals surface area contributed by atoms with Gasteiger partial charge >= 0.3 is 0 Å². The van der Waals surface area contributed by atoms with Gasteiger partial charge in [0.05, 0.1) is 12.2 Å². The van der Waals surface area contributed by atoms with Gasteiger partial charge in [-0.1, -0.05) is 6.07 Å². The molecule has 5 heteroatoms. The first-order chi connectivity index (χ1) is 9.25. The van der Waals surface area contributed by atoms with E-state index in [2.05, 4.69) is 27.4 Å². The van der Waals surface area contributed by atoms with E-state index in [1.165, 1.54) is 17.7 Å². The van der Waals surface area contributed by atoms with Crippen LogP contribution in [-0.4, -0.2) is 16.9 Å². The zero-order chi connectivity index (χ0) is 13.2. The van der Waals surface area contributed by atoms with Crippen molar-refractivity contribution in [3.05, 3.63) is 46.4 Å². The number of nitrogen functional groups attached to an aromatic ring is 1. The molecule has 1 fully saturated rings. The monoisotopic (exact) mass is 272 g/mol. The normalized spacial score (nSPS) is 14.3. The molecule has 1 aliphatic carbocycles. The summed E-state index contributed by atoms with van der Waals surface area (Å²) in [6.45, 7) is 0.869. The Morgan fingerprint density at radius 3 is 2.89 bits per heavy atom. The highest BCUT2D eigenvalue weighted by atomic mass is 32.1. The first kappa shape index (κ1) is 12.2. The van der Waals surface area contributed by atoms with E-state index < -0.39 is 0 Å². The molecule has 2 heterocycles. The van der Waals surface area contributed by atoms with Crippen LogP contribution in [0.1, 0.15) is 23.4 Å². The van der Waals surface area contributed by atoms with Crippen LogP contribution in [0.5, 0.6) is 0 Å². The maximum absolute atomic E-state index is 7.67. The zero-order valence-electron chi connectivity index (χ0n) is 10.5. The topological polar surface area (TPSA) is 66.0 Å². The van der Waals surface area contributed by atoms with Crippen LogP contribution in [0.4, 0.5) is 5.69 Å². The van der Waals surface area contributed by atoms with Crippen molar-refractivity contribution < 1.29 is 0 Å². The Hall–Kier alpha value is -1.88. The predicted molar refractivity (Wildman–Crippen MR) is 78.8 cm³/mol. The van der Waals surface area contributed by atoms with E-state index in [1.54, 1.807) is 17.5 Å². The summed E-state index contributed by atoms with van der Waals surface area (Å²) in [5.74, 6) is 0.0347. The van der Waals surface area contributed by atoms with Crippen molar-refractivity contribution in [3.8, 4) is 0 Å². The molecule has 0 amide bonds. The van der Waals surface area contributed by atoms with Crippen LogP contribution in [-0.2, 0) is 6.54 Å². The van der Waals surface area contributed by atoms with E-state index in [0.717, 1.165) is 12.2 Å². The first-order valence-corrected chi connectivity index (χ1v) is 7.22. The van der Waals surface area contributed by atoms with Gasteiger partial charge in [0.1, 0.15) is 11.5 Å². The van der Waals surface area contributed by atoms with Gasteiger partial charge in [0.2, 0.25) is 0 Å². The maximum Gasteiger partial charge on any atom is 0.143 e. The predicted octanol–water partition coefficient (Wildman–Crippen LogP) is 2.60. The van der Waals surface area contributed by atoms with Gasteiger partial charge in [-0.15, -0.1) is 11.3 Å². The largest absolute Gasteiger partial charge is 0.382 e. The van der Waals surface area contributed by atoms with Gasteiger partial charge in [0.15, 0.2) is 0 Å². The summed E-state index contributed by atoms with van der Waals surface area (Å²) in [6, 6.07) is 8.69. The fraction of sp³-hybridized carbons (Fsp3) is 0.286. The van der Waals surface area contributed by atoms with Gasteiger partial charge in [0.25, 0.3) is 0 Å². The number of pyridine rings is 1. The number of rotatable bonds is 5. The van der Waals surface area contributed by atoms with E-state index in [4.69, 9.17) is 11.1 Å². The molecule has 1 saturated carbocycles. The molecule has 0 bridgehead atoms. The summed E-state index contributed by atoms with van der Waals surface area (Å²) in [4.78, 5) is 7.90. The second-order valence-electron chi connectivity index (χ2n) is 4.72. The third-order valence-electron chi connectivity index (χ3n) is 3.24. The number of aromatic nitrogens is 1. The number of hydrogen-bond donors (Lipinski definition) is 2. The van der Waals surface area contributed by atoms with Gasteiger partial charge in [-0.05, 0) is 36.4 Å². The van der Waals surface area contributed by atoms with Gasteiger partial charge in [0, 0.05) is 17.1 Å². The molecule has 3 rings (SSSR count). The number of nitrogens with two attached hydrogens (primary N) is 1. The number of nitrogens with one attached hydrogen (secondary N) is 1. The molecule has 0 saturated heterocycles. The summed E-state index contributed by atoms with van der Waals surface area (Å²) in [5.41, 5.74) is 7.21. The fourth-order valence-corrected chi connectivity index (χ4v) is 2.91. The molecular formula is C14H16N4S. The molecule has 0 radical (unpaired) electrons. The molecule has 1 aliphatic rings. The van der Waals surface area contributed by atoms with Crippen LogP contribution < -0.4 is 10.6 Å². The molecule has 0 aromatic carbocycles. The van der Waals surface area contributed by atoms with Crippen LogP contribution in [0.3, 0.4) is 0 Å². The van der Waals surface area contributed by atoms with Crippen LogP contribution in [0.15, 0.2) is 35.8 Å². The van der Waals surface area contributed by atoms with Crippen LogP contribution in [0.2, 0.25) is 0 Å². The number of anilines is 1. The summed E-state index contributed by atoms with van der Waals surface area (Å²) in [6.07, 6.45) is 4.10. The molecule has 0 spiro atoms. The van der Waals surface area contributed by atoms with Crippen molar-refractivity contribution in [2.45, 2.75) is 25.4 Å². The van der Waals surface area contributed by atoms with Gasteiger partial charge in [-0.2, -0.15) is 0 Å². The van der Waals surface area contributed by atoms with Crippen LogP contribution >= 0.6 is 11.3 Å². The lowest BCUT2D eigenvalue weighted by Crippen LogP contribution is -2.28. The standard InChI is InChI=1S/C14H16N4S/c15-14(16)13-12(4-1-7-17-13)18(10-5-6-10)9-11-3-2-8-19-11/h1-4,7-8,10H,5-6,9H2,(H3,15,16). The van der Waals surface area contributed by atoms with Crippen LogP contribution in [0, 0.1) is 5.41 Å². The molecule has 4 nitrogen and oxygen atoms in total. The van der Waals surface area contributed by atoms with Crippen molar-refractivity contribution in [1.82, 2.24) is 4.98 Å². The molecule has 19 heavy (non-hydrogen) atoms. The Morgan fingerprint density at radius 1 is 1.42 bits per heavy atom. The third kappa shape index (κ3) is 2.61. The van der Waals surface area contributed by atoms with Crippen molar-refractivity contribution in [3.63, 3.8) is 0 Å². The van der Waals surface area contributed by atoms with Crippen molar-refractivity contribution >= 4 is 22.9 Å². The average Bonchev–Trinajstić information content (AvgIpc) is 3.13. The van der Waals surface area contributed by atoms with Crippen molar-refractivity contribution in [2.75, 3.05) is 4.90 Å². The smallest absolute Gasteiger partial charge is 0.143 e. The molecule has 2 aromatic rings. The number of nitrogens with zero attached hydrogens (tertiary/aromatic N) is 2. The SMILES string of the molecule is N=C(N)c1ncccc1N(Cc1cccs1)C1CC1. The first-order valence-electron chi connectivity index (χ1n) is 6.34. The highest BCUT2D eigenvalue weighted by molar-refractivity contribution is 7.09. The van der Waals surface area contributed by atoms with Crippen molar-refractivity contribution in [2.24, 2.45) is 5.73 Å². The minimum absolute atomic E-state index is 0.0347. The second-order valence-corrected chi connectivity index (χ2v) is 5.76. The average molecular weight is 272 g/mol. The van der Waals surface area contributed by atoms with Crippen molar-refractivity contribution in [1.29, 1.82) is 5.41 Å². The Kier molecular flexibility index (Phi) is 3.21. The van der Waals surface area contributed by atoms with Gasteiger partial charge in [-0.3, -0.25) is 10.4 Å². The molecule has 0 atom stereocenters. The summed E-state index contributed by atoms with van der Waals surface area (Å²) in [5, 5.41) is 9.76. The van der Waals surface area contributed by atoms with E-state index in [1.807, 2.05) is 12.1 Å². The molecule has 98 valence electrons. The minimum Gasteiger partial charge on any atom is -0.382 e. The Bertz CT molecular complexity index is 575. The number of amidine groups is 1. The number of hydrogen-bond acceptors (Lipinski definition) is 4. The lowest BCUT2D eigenvalue weighted by Gasteiger charge is -2.25. The highest BCUT2D eigenvalue weighted by Crippen LogP contribution is 2.34. The maximum atomic E-state index is 7.67. The molecule has 2 aromatic heterocycles. The Morgan fingerprint density at radius 2 is 2.26 bits per heavy atom. The van der Waals surface area contributed by atoms with E-state index in [9.17, 15) is 0 Å². The third-order valence-corrected chi connectivity index (χ3v) is 4.11. The lowest BCUT2D eigenvalue weighted by atomic mass is 10.2. The Labute approximate surface area is 116 Å². The summed E-state index contributed by atoms with van der Waals surface area (Å²) in [7, 11) is 0. The fourth-order valence-electron chi connectivity index (χ4n) is 2.20. The van der Waals surface area contributed by atoms with E-state index in [-0.39, 0.29) is 5.84 Å². The zero-order valence-corrected chi connectivity index (χ0v) is 11.4. The van der Waals surface area contributed by atoms with E-state index in [0.29, 0.717) is 11.7 Å². The highest BCUT2D eigenvalue weighted by Gasteiger charge is 2.31. The lowest BCUT2D eigenvalue weighted by molar-refractivity contribution is 0.799. The number of thiophene rings is 1. The molecule has 3 N–H and O–H groups in total.